The van der Waals surface area contributed by atoms with Gasteiger partial charge in [0.1, 0.15) is 11.5 Å². The van der Waals surface area contributed by atoms with Gasteiger partial charge in [-0.15, -0.1) is 0 Å². The van der Waals surface area contributed by atoms with Gasteiger partial charge in [-0.2, -0.15) is 0 Å². The summed E-state index contributed by atoms with van der Waals surface area (Å²) in [6.45, 7) is 1.51. The molecule has 1 aromatic carbocycles. The zero-order valence-corrected chi connectivity index (χ0v) is 17.0. The molecule has 162 valence electrons. The lowest BCUT2D eigenvalue weighted by atomic mass is 9.88. The number of carbonyl (C=O) groups is 2. The number of hydrogen-bond acceptors (Lipinski definition) is 5. The lowest BCUT2D eigenvalue weighted by Gasteiger charge is -2.38. The van der Waals surface area contributed by atoms with Gasteiger partial charge in [-0.1, -0.05) is 23.4 Å². The average Bonchev–Trinajstić information content (AvgIpc) is 3.19. The van der Waals surface area contributed by atoms with Crippen LogP contribution < -0.4 is 10.6 Å². The third-order valence-electron chi connectivity index (χ3n) is 5.44. The molecule has 2 aromatic rings. The highest BCUT2D eigenvalue weighted by atomic mass is 19.1. The first-order valence-electron chi connectivity index (χ1n) is 10.2. The maximum atomic E-state index is 13.3. The topological polar surface area (TPSA) is 95.9 Å². The predicted octanol–water partition coefficient (Wildman–Crippen LogP) is 2.36. The molecule has 1 fully saturated rings. The zero-order chi connectivity index (χ0) is 21.7. The van der Waals surface area contributed by atoms with E-state index in [1.165, 1.54) is 12.1 Å². The van der Waals surface area contributed by atoms with Gasteiger partial charge < -0.3 is 20.4 Å². The maximum absolute atomic E-state index is 13.3. The van der Waals surface area contributed by atoms with Crippen molar-refractivity contribution in [2.45, 2.75) is 38.0 Å². The molecule has 0 bridgehead atoms. The first-order chi connectivity index (χ1) is 15.0. The Balaban J connectivity index is 1.29. The Kier molecular flexibility index (Phi) is 6.11. The van der Waals surface area contributed by atoms with Gasteiger partial charge in [-0.25, -0.2) is 9.18 Å². The molecule has 9 heteroatoms. The molecule has 1 saturated heterocycles. The van der Waals surface area contributed by atoms with Gasteiger partial charge >= 0.3 is 6.03 Å². The molecule has 2 N–H and O–H groups in total. The number of halogens is 1. The smallest absolute Gasteiger partial charge is 0.317 e. The van der Waals surface area contributed by atoms with Crippen molar-refractivity contribution in [3.05, 3.63) is 65.7 Å². The van der Waals surface area contributed by atoms with E-state index in [1.807, 2.05) is 12.1 Å². The van der Waals surface area contributed by atoms with Crippen LogP contribution in [0.1, 0.15) is 30.4 Å². The predicted molar refractivity (Wildman–Crippen MR) is 111 cm³/mol. The number of nitrogens with zero attached hydrogens (tertiary/aromatic N) is 3. The van der Waals surface area contributed by atoms with Crippen LogP contribution in [0.15, 0.2) is 53.9 Å². The van der Waals surface area contributed by atoms with E-state index in [4.69, 9.17) is 4.84 Å². The lowest BCUT2D eigenvalue weighted by Crippen LogP contribution is -2.53. The van der Waals surface area contributed by atoms with Crippen LogP contribution in [0.4, 0.5) is 9.18 Å². The monoisotopic (exact) mass is 425 g/mol. The number of rotatable bonds is 5. The molecule has 1 atom stereocenters. The lowest BCUT2D eigenvalue weighted by molar-refractivity contribution is -0.115. The highest BCUT2D eigenvalue weighted by Gasteiger charge is 2.45. The molecular weight excluding hydrogens is 401 g/mol. The number of urea groups is 1. The van der Waals surface area contributed by atoms with Crippen LogP contribution in [-0.2, 0) is 22.7 Å². The number of amides is 3. The number of pyridine rings is 1. The fourth-order valence-electron chi connectivity index (χ4n) is 3.86. The van der Waals surface area contributed by atoms with E-state index in [0.29, 0.717) is 43.8 Å². The first-order valence-corrected chi connectivity index (χ1v) is 10.2. The van der Waals surface area contributed by atoms with Gasteiger partial charge in [0.2, 0.25) is 0 Å². The minimum absolute atomic E-state index is 0.236. The van der Waals surface area contributed by atoms with E-state index in [9.17, 15) is 14.0 Å². The van der Waals surface area contributed by atoms with Crippen molar-refractivity contribution in [2.24, 2.45) is 5.16 Å². The Morgan fingerprint density at radius 2 is 2.00 bits per heavy atom. The van der Waals surface area contributed by atoms with E-state index in [1.54, 1.807) is 29.4 Å². The van der Waals surface area contributed by atoms with Crippen LogP contribution in [0, 0.1) is 5.82 Å². The third-order valence-corrected chi connectivity index (χ3v) is 5.44. The summed E-state index contributed by atoms with van der Waals surface area (Å²) in [5, 5.41) is 9.65. The second-order valence-corrected chi connectivity index (χ2v) is 7.85. The normalized spacial score (nSPS) is 20.2. The minimum Gasteiger partial charge on any atom is -0.386 e. The number of likely N-dealkylation sites (tertiary alicyclic amines) is 1. The van der Waals surface area contributed by atoms with Crippen LogP contribution in [0.2, 0.25) is 0 Å². The molecule has 3 amide bonds. The molecule has 1 aromatic heterocycles. The molecule has 0 saturated carbocycles. The van der Waals surface area contributed by atoms with Crippen LogP contribution in [0.3, 0.4) is 0 Å². The van der Waals surface area contributed by atoms with E-state index < -0.39 is 5.60 Å². The molecule has 1 spiro atoms. The highest BCUT2D eigenvalue weighted by molar-refractivity contribution is 6.39. The second-order valence-electron chi connectivity index (χ2n) is 7.85. The summed E-state index contributed by atoms with van der Waals surface area (Å²) in [7, 11) is 0. The fraction of sp³-hybridized carbons (Fsp3) is 0.364. The summed E-state index contributed by atoms with van der Waals surface area (Å²) in [6, 6.07) is 9.56. The van der Waals surface area contributed by atoms with Crippen LogP contribution in [-0.4, -0.2) is 46.2 Å². The molecule has 2 aliphatic heterocycles. The van der Waals surface area contributed by atoms with Crippen LogP contribution >= 0.6 is 0 Å². The van der Waals surface area contributed by atoms with Crippen molar-refractivity contribution in [2.75, 3.05) is 13.1 Å². The SMILES string of the molecule is O=C(NCc1cccnc1)C1=NO[C@]2(CCCN(C(=O)NCc3cccc(F)c3)C2)C1. The summed E-state index contributed by atoms with van der Waals surface area (Å²) < 4.78 is 13.3. The molecule has 0 unspecified atom stereocenters. The van der Waals surface area contributed by atoms with Gasteiger partial charge in [0, 0.05) is 38.4 Å². The van der Waals surface area contributed by atoms with E-state index in [2.05, 4.69) is 20.8 Å². The first kappa shape index (κ1) is 20.8. The summed E-state index contributed by atoms with van der Waals surface area (Å²) in [5.74, 6) is -0.622. The molecular formula is C22H24FN5O3. The van der Waals surface area contributed by atoms with Crippen LogP contribution in [0.5, 0.6) is 0 Å². The number of oxime groups is 1. The summed E-state index contributed by atoms with van der Waals surface area (Å²) in [6.07, 6.45) is 5.17. The van der Waals surface area contributed by atoms with Crippen LogP contribution in [0.25, 0.3) is 0 Å². The van der Waals surface area contributed by atoms with E-state index in [0.717, 1.165) is 12.0 Å². The Labute approximate surface area is 179 Å². The molecule has 0 radical (unpaired) electrons. The van der Waals surface area contributed by atoms with Crippen molar-refractivity contribution in [3.63, 3.8) is 0 Å². The molecule has 3 heterocycles. The Hall–Kier alpha value is -3.49. The minimum atomic E-state index is -0.685. The van der Waals surface area contributed by atoms with Gasteiger partial charge in [-0.05, 0) is 42.2 Å². The number of aromatic nitrogens is 1. The highest BCUT2D eigenvalue weighted by Crippen LogP contribution is 2.33. The molecule has 8 nitrogen and oxygen atoms in total. The Bertz CT molecular complexity index is 984. The summed E-state index contributed by atoms with van der Waals surface area (Å²) >= 11 is 0. The number of hydrogen-bond donors (Lipinski definition) is 2. The van der Waals surface area contributed by atoms with Gasteiger partial charge in [-0.3, -0.25) is 9.78 Å². The third kappa shape index (κ3) is 5.17. The van der Waals surface area contributed by atoms with Crippen molar-refractivity contribution < 1.29 is 18.8 Å². The Morgan fingerprint density at radius 1 is 1.16 bits per heavy atom. The molecule has 31 heavy (non-hydrogen) atoms. The van der Waals surface area contributed by atoms with Crippen molar-refractivity contribution in [1.29, 1.82) is 0 Å². The number of piperidine rings is 1. The van der Waals surface area contributed by atoms with Crippen molar-refractivity contribution >= 4 is 17.6 Å². The Morgan fingerprint density at radius 3 is 2.81 bits per heavy atom. The van der Waals surface area contributed by atoms with Gasteiger partial charge in [0.15, 0.2) is 5.60 Å². The van der Waals surface area contributed by atoms with Crippen molar-refractivity contribution in [1.82, 2.24) is 20.5 Å². The van der Waals surface area contributed by atoms with E-state index >= 15 is 0 Å². The zero-order valence-electron chi connectivity index (χ0n) is 17.0. The standard InChI is InChI=1S/C22H24FN5O3/c23-18-6-1-4-16(10-18)13-26-21(30)28-9-3-7-22(15-28)11-19(27-31-22)20(29)25-14-17-5-2-8-24-12-17/h1-2,4-6,8,10,12H,3,7,9,11,13-15H2,(H,25,29)(H,26,30)/t22-/m1/s1. The van der Waals surface area contributed by atoms with Crippen molar-refractivity contribution in [3.8, 4) is 0 Å². The van der Waals surface area contributed by atoms with E-state index in [-0.39, 0.29) is 24.3 Å². The molecule has 0 aliphatic carbocycles. The fourth-order valence-corrected chi connectivity index (χ4v) is 3.86. The number of nitrogens with one attached hydrogen (secondary N) is 2. The summed E-state index contributed by atoms with van der Waals surface area (Å²) in [4.78, 5) is 36.5. The molecule has 2 aliphatic rings. The quantitative estimate of drug-likeness (QED) is 0.769. The number of benzene rings is 1. The van der Waals surface area contributed by atoms with Gasteiger partial charge in [0.25, 0.3) is 5.91 Å². The maximum Gasteiger partial charge on any atom is 0.317 e. The van der Waals surface area contributed by atoms with Gasteiger partial charge in [0.05, 0.1) is 6.54 Å². The second kappa shape index (κ2) is 9.11. The summed E-state index contributed by atoms with van der Waals surface area (Å²) in [5.41, 5.74) is 1.22. The molecule has 4 rings (SSSR count). The number of carbonyl (C=O) groups excluding carboxylic acids is 2. The average molecular weight is 425 g/mol. The largest absolute Gasteiger partial charge is 0.386 e.